The van der Waals surface area contributed by atoms with Gasteiger partial charge in [-0.15, -0.1) is 0 Å². The fourth-order valence-corrected chi connectivity index (χ4v) is 3.24. The molecule has 118 valence electrons. The maximum Gasteiger partial charge on any atom is 0.339 e. The molecule has 1 aliphatic heterocycles. The maximum absolute atomic E-state index is 12.1. The van der Waals surface area contributed by atoms with Crippen molar-refractivity contribution < 1.29 is 14.1 Å². The quantitative estimate of drug-likeness (QED) is 0.604. The maximum atomic E-state index is 12.1. The molecule has 3 rings (SSSR count). The third-order valence-corrected chi connectivity index (χ3v) is 5.27. The molecule has 1 unspecified atom stereocenters. The van der Waals surface area contributed by atoms with E-state index in [2.05, 4.69) is 0 Å². The number of hydrogen-bond donors (Lipinski definition) is 0. The van der Waals surface area contributed by atoms with Gasteiger partial charge in [0, 0.05) is 5.57 Å². The lowest BCUT2D eigenvalue weighted by molar-refractivity contribution is -0.133. The Morgan fingerprint density at radius 1 is 1.04 bits per heavy atom. The van der Waals surface area contributed by atoms with Gasteiger partial charge in [0.15, 0.2) is 4.90 Å². The Bertz CT molecular complexity index is 798. The molecule has 3 nitrogen and oxygen atoms in total. The van der Waals surface area contributed by atoms with Crippen LogP contribution in [0.3, 0.4) is 0 Å². The fourth-order valence-electron chi connectivity index (χ4n) is 2.42. The minimum atomic E-state index is -1.04. The summed E-state index contributed by atoms with van der Waals surface area (Å²) in [6.45, 7) is 0.197. The van der Waals surface area contributed by atoms with Gasteiger partial charge < -0.3 is 9.29 Å². The van der Waals surface area contributed by atoms with Crippen LogP contribution in [0.25, 0.3) is 11.1 Å². The topological polar surface area (TPSA) is 49.4 Å². The van der Waals surface area contributed by atoms with E-state index < -0.39 is 11.2 Å². The average Bonchev–Trinajstić information content (AvgIpc) is 2.92. The zero-order valence-corrected chi connectivity index (χ0v) is 14.5. The summed E-state index contributed by atoms with van der Waals surface area (Å²) >= 11 is 10.9. The number of rotatable bonds is 3. The first-order chi connectivity index (χ1) is 11.0. The van der Waals surface area contributed by atoms with Gasteiger partial charge >= 0.3 is 5.97 Å². The predicted octanol–water partition coefficient (Wildman–Crippen LogP) is 4.20. The first-order valence-electron chi connectivity index (χ1n) is 6.77. The van der Waals surface area contributed by atoms with Crippen molar-refractivity contribution in [2.24, 2.45) is 0 Å². The van der Waals surface area contributed by atoms with Gasteiger partial charge in [-0.05, 0) is 58.7 Å². The molecule has 0 aliphatic carbocycles. The Hall–Kier alpha value is -1.46. The van der Waals surface area contributed by atoms with Crippen LogP contribution in [0.5, 0.6) is 0 Å². The highest BCUT2D eigenvalue weighted by Crippen LogP contribution is 2.35. The number of carbonyl (C=O) groups excluding carboxylic acids is 1. The van der Waals surface area contributed by atoms with E-state index in [1.54, 1.807) is 36.6 Å². The highest BCUT2D eigenvalue weighted by atomic mass is 35.5. The van der Waals surface area contributed by atoms with Crippen molar-refractivity contribution in [1.29, 1.82) is 0 Å². The second-order valence-electron chi connectivity index (χ2n) is 5.04. The van der Waals surface area contributed by atoms with Gasteiger partial charge in [-0.3, -0.25) is 0 Å². The standard InChI is InChI=1S/C17H12Cl2O3S/c1-23(21)12-5-2-10(3-6-12)13-9-22-17(20)16(13)11-4-7-14(18)15(19)8-11/h2-8H,9H2,1H3. The molecule has 0 fully saturated rings. The number of benzene rings is 2. The fraction of sp³-hybridized carbons (Fsp3) is 0.118. The summed E-state index contributed by atoms with van der Waals surface area (Å²) in [6.07, 6.45) is 1.62. The molecular weight excluding hydrogens is 355 g/mol. The first kappa shape index (κ1) is 16.4. The van der Waals surface area contributed by atoms with Gasteiger partial charge in [-0.2, -0.15) is 0 Å². The summed E-state index contributed by atoms with van der Waals surface area (Å²) in [6, 6.07) is 12.3. The van der Waals surface area contributed by atoms with Crippen molar-refractivity contribution in [2.75, 3.05) is 12.9 Å². The molecule has 2 aromatic carbocycles. The third-order valence-electron chi connectivity index (χ3n) is 3.60. The van der Waals surface area contributed by atoms with Crippen molar-refractivity contribution in [2.45, 2.75) is 4.90 Å². The summed E-state index contributed by atoms with van der Waals surface area (Å²) < 4.78 is 16.7. The molecule has 0 saturated heterocycles. The number of cyclic esters (lactones) is 1. The summed E-state index contributed by atoms with van der Waals surface area (Å²) in [4.78, 5) is 12.9. The summed E-state index contributed by atoms with van der Waals surface area (Å²) in [5.74, 6) is -0.387. The van der Waals surface area contributed by atoms with Crippen molar-refractivity contribution in [3.05, 3.63) is 63.6 Å². The Kier molecular flexibility index (Phi) is 4.69. The molecule has 23 heavy (non-hydrogen) atoms. The summed E-state index contributed by atoms with van der Waals surface area (Å²) in [5, 5.41) is 0.811. The molecule has 1 aliphatic rings. The van der Waals surface area contributed by atoms with Gasteiger partial charge in [-0.1, -0.05) is 29.3 Å². The zero-order chi connectivity index (χ0) is 16.6. The van der Waals surface area contributed by atoms with Crippen LogP contribution in [0, 0.1) is 0 Å². The largest absolute Gasteiger partial charge is 0.612 e. The highest BCUT2D eigenvalue weighted by Gasteiger charge is 2.27. The van der Waals surface area contributed by atoms with E-state index in [0.717, 1.165) is 16.0 Å². The van der Waals surface area contributed by atoms with E-state index in [0.29, 0.717) is 21.2 Å². The predicted molar refractivity (Wildman–Crippen MR) is 93.0 cm³/mol. The molecule has 0 aromatic heterocycles. The summed E-state index contributed by atoms with van der Waals surface area (Å²) in [7, 11) is 0. The first-order valence-corrected chi connectivity index (χ1v) is 9.08. The van der Waals surface area contributed by atoms with Crippen molar-refractivity contribution in [3.63, 3.8) is 0 Å². The van der Waals surface area contributed by atoms with Crippen molar-refractivity contribution in [3.8, 4) is 0 Å². The van der Waals surface area contributed by atoms with E-state index in [-0.39, 0.29) is 12.6 Å². The van der Waals surface area contributed by atoms with E-state index in [9.17, 15) is 9.35 Å². The van der Waals surface area contributed by atoms with Crippen LogP contribution in [0.1, 0.15) is 11.1 Å². The normalized spacial score (nSPS) is 15.7. The van der Waals surface area contributed by atoms with Crippen LogP contribution in [-0.4, -0.2) is 23.4 Å². The number of esters is 1. The molecule has 2 aromatic rings. The Labute approximate surface area is 147 Å². The Morgan fingerprint density at radius 2 is 1.70 bits per heavy atom. The third kappa shape index (κ3) is 3.26. The molecule has 1 atom stereocenters. The monoisotopic (exact) mass is 366 g/mol. The molecule has 0 bridgehead atoms. The minimum absolute atomic E-state index is 0.197. The Morgan fingerprint density at radius 3 is 2.30 bits per heavy atom. The zero-order valence-electron chi connectivity index (χ0n) is 12.1. The molecule has 0 N–H and O–H groups in total. The van der Waals surface area contributed by atoms with Crippen molar-refractivity contribution in [1.82, 2.24) is 0 Å². The van der Waals surface area contributed by atoms with Gasteiger partial charge in [0.1, 0.15) is 12.9 Å². The Balaban J connectivity index is 2.08. The van der Waals surface area contributed by atoms with Gasteiger partial charge in [-0.25, -0.2) is 4.79 Å². The van der Waals surface area contributed by atoms with Gasteiger partial charge in [0.2, 0.25) is 0 Å². The van der Waals surface area contributed by atoms with E-state index in [1.165, 1.54) is 0 Å². The molecule has 1 heterocycles. The highest BCUT2D eigenvalue weighted by molar-refractivity contribution is 7.90. The van der Waals surface area contributed by atoms with Gasteiger partial charge in [0.25, 0.3) is 0 Å². The van der Waals surface area contributed by atoms with Crippen LogP contribution in [0.2, 0.25) is 10.0 Å². The van der Waals surface area contributed by atoms with Crippen LogP contribution in [0.15, 0.2) is 47.4 Å². The van der Waals surface area contributed by atoms with Crippen LogP contribution < -0.4 is 0 Å². The van der Waals surface area contributed by atoms with E-state index in [1.807, 2.05) is 12.1 Å². The number of halogens is 2. The molecule has 0 saturated carbocycles. The molecule has 0 amide bonds. The van der Waals surface area contributed by atoms with E-state index in [4.69, 9.17) is 27.9 Å². The smallest absolute Gasteiger partial charge is 0.339 e. The van der Waals surface area contributed by atoms with Crippen molar-refractivity contribution >= 4 is 51.5 Å². The number of hydrogen-bond acceptors (Lipinski definition) is 3. The second-order valence-corrected chi connectivity index (χ2v) is 7.23. The van der Waals surface area contributed by atoms with Crippen LogP contribution in [-0.2, 0) is 20.7 Å². The second kappa shape index (κ2) is 6.57. The van der Waals surface area contributed by atoms with Gasteiger partial charge in [0.05, 0.1) is 15.6 Å². The molecular formula is C17H12Cl2O3S. The average molecular weight is 367 g/mol. The minimum Gasteiger partial charge on any atom is -0.612 e. The summed E-state index contributed by atoms with van der Waals surface area (Å²) in [5.41, 5.74) is 2.78. The molecule has 0 spiro atoms. The SMILES string of the molecule is C[S+]([O-])c1ccc(C2=C(c3ccc(Cl)c(Cl)c3)C(=O)OC2)cc1. The molecule has 0 radical (unpaired) electrons. The molecule has 6 heteroatoms. The lowest BCUT2D eigenvalue weighted by Crippen LogP contribution is -1.99. The number of carbonyl (C=O) groups is 1. The lowest BCUT2D eigenvalue weighted by Gasteiger charge is -2.08. The number of ether oxygens (including phenoxy) is 1. The van der Waals surface area contributed by atoms with E-state index >= 15 is 0 Å². The lowest BCUT2D eigenvalue weighted by atomic mass is 9.97. The van der Waals surface area contributed by atoms with Crippen LogP contribution >= 0.6 is 23.2 Å². The van der Waals surface area contributed by atoms with Crippen LogP contribution in [0.4, 0.5) is 0 Å².